The van der Waals surface area contributed by atoms with E-state index in [4.69, 9.17) is 0 Å². The zero-order valence-corrected chi connectivity index (χ0v) is 12.9. The van der Waals surface area contributed by atoms with Crippen molar-refractivity contribution >= 4 is 5.82 Å². The Balaban J connectivity index is 2.07. The van der Waals surface area contributed by atoms with Gasteiger partial charge in [0.15, 0.2) is 0 Å². The molecule has 1 aromatic heterocycles. The second-order valence-corrected chi connectivity index (χ2v) is 6.97. The van der Waals surface area contributed by atoms with E-state index in [1.54, 1.807) is 0 Å². The molecule has 1 N–H and O–H groups in total. The summed E-state index contributed by atoms with van der Waals surface area (Å²) in [5, 5.41) is 3.53. The summed E-state index contributed by atoms with van der Waals surface area (Å²) >= 11 is 0. The maximum Gasteiger partial charge on any atom is 0.129 e. The van der Waals surface area contributed by atoms with Gasteiger partial charge in [-0.3, -0.25) is 0 Å². The third kappa shape index (κ3) is 3.93. The summed E-state index contributed by atoms with van der Waals surface area (Å²) in [5.41, 5.74) is 1.46. The molecule has 1 fully saturated rings. The number of pyridine rings is 1. The van der Waals surface area contributed by atoms with E-state index in [1.165, 1.54) is 12.0 Å². The van der Waals surface area contributed by atoms with E-state index in [2.05, 4.69) is 62.0 Å². The Hall–Kier alpha value is -1.09. The van der Waals surface area contributed by atoms with Crippen molar-refractivity contribution in [3.05, 3.63) is 23.9 Å². The molecule has 2 unspecified atom stereocenters. The third-order valence-corrected chi connectivity index (χ3v) is 3.71. The van der Waals surface area contributed by atoms with Gasteiger partial charge in [0, 0.05) is 30.9 Å². The Bertz CT molecular complexity index is 422. The van der Waals surface area contributed by atoms with Crippen LogP contribution in [0.1, 0.15) is 46.6 Å². The average molecular weight is 261 g/mol. The van der Waals surface area contributed by atoms with E-state index in [-0.39, 0.29) is 5.54 Å². The predicted molar refractivity (Wildman–Crippen MR) is 81.4 cm³/mol. The summed E-state index contributed by atoms with van der Waals surface area (Å²) in [7, 11) is 0. The molecule has 2 heterocycles. The quantitative estimate of drug-likeness (QED) is 0.905. The van der Waals surface area contributed by atoms with Crippen molar-refractivity contribution in [3.8, 4) is 0 Å². The summed E-state index contributed by atoms with van der Waals surface area (Å²) in [6.07, 6.45) is 3.21. The van der Waals surface area contributed by atoms with E-state index in [9.17, 15) is 0 Å². The second-order valence-electron chi connectivity index (χ2n) is 6.97. The van der Waals surface area contributed by atoms with Crippen LogP contribution in [0.3, 0.4) is 0 Å². The summed E-state index contributed by atoms with van der Waals surface area (Å²) in [5.74, 6) is 1.90. The summed E-state index contributed by atoms with van der Waals surface area (Å²) in [6.45, 7) is 13.2. The molecule has 2 rings (SSSR count). The van der Waals surface area contributed by atoms with Crippen molar-refractivity contribution < 1.29 is 0 Å². The van der Waals surface area contributed by atoms with Crippen LogP contribution in [0.5, 0.6) is 0 Å². The van der Waals surface area contributed by atoms with Crippen LogP contribution >= 0.6 is 0 Å². The minimum atomic E-state index is 0.152. The van der Waals surface area contributed by atoms with Crippen molar-refractivity contribution in [1.29, 1.82) is 0 Å². The largest absolute Gasteiger partial charge is 0.354 e. The topological polar surface area (TPSA) is 28.2 Å². The molecule has 19 heavy (non-hydrogen) atoms. The van der Waals surface area contributed by atoms with Gasteiger partial charge in [0.05, 0.1) is 0 Å². The number of aromatic nitrogens is 1. The van der Waals surface area contributed by atoms with Gasteiger partial charge in [-0.2, -0.15) is 0 Å². The van der Waals surface area contributed by atoms with E-state index in [0.29, 0.717) is 6.04 Å². The molecule has 3 heteroatoms. The molecule has 1 aliphatic rings. The molecule has 0 aromatic carbocycles. The van der Waals surface area contributed by atoms with Crippen LogP contribution in [0, 0.1) is 5.92 Å². The van der Waals surface area contributed by atoms with Crippen LogP contribution in [-0.4, -0.2) is 23.1 Å². The van der Waals surface area contributed by atoms with E-state index in [0.717, 1.165) is 24.8 Å². The van der Waals surface area contributed by atoms with Crippen molar-refractivity contribution in [2.75, 3.05) is 11.4 Å². The lowest BCUT2D eigenvalue weighted by atomic mass is 10.1. The molecule has 0 aliphatic carbocycles. The molecule has 0 bridgehead atoms. The molecule has 1 aliphatic heterocycles. The highest BCUT2D eigenvalue weighted by molar-refractivity contribution is 5.43. The van der Waals surface area contributed by atoms with Gasteiger partial charge in [-0.1, -0.05) is 6.92 Å². The van der Waals surface area contributed by atoms with Gasteiger partial charge in [-0.15, -0.1) is 0 Å². The molecular weight excluding hydrogens is 234 g/mol. The molecule has 0 amide bonds. The first-order valence-electron chi connectivity index (χ1n) is 7.32. The van der Waals surface area contributed by atoms with Gasteiger partial charge < -0.3 is 10.2 Å². The second kappa shape index (κ2) is 5.49. The zero-order valence-electron chi connectivity index (χ0n) is 12.9. The lowest BCUT2D eigenvalue weighted by Crippen LogP contribution is -2.35. The Morgan fingerprint density at radius 2 is 2.11 bits per heavy atom. The molecule has 3 nitrogen and oxygen atoms in total. The summed E-state index contributed by atoms with van der Waals surface area (Å²) in [6, 6.07) is 4.94. The first-order chi connectivity index (χ1) is 8.85. The standard InChI is InChI=1S/C16H27N3/c1-12-8-13(2)19(11-12)15-9-14(6-7-17-15)10-18-16(3,4)5/h6-7,9,12-13,18H,8,10-11H2,1-5H3. The van der Waals surface area contributed by atoms with Crippen LogP contribution in [0.15, 0.2) is 18.3 Å². The van der Waals surface area contributed by atoms with E-state index >= 15 is 0 Å². The fourth-order valence-electron chi connectivity index (χ4n) is 2.71. The van der Waals surface area contributed by atoms with Gasteiger partial charge in [0.2, 0.25) is 0 Å². The fraction of sp³-hybridized carbons (Fsp3) is 0.688. The lowest BCUT2D eigenvalue weighted by Gasteiger charge is -2.24. The van der Waals surface area contributed by atoms with Crippen LogP contribution < -0.4 is 10.2 Å². The summed E-state index contributed by atoms with van der Waals surface area (Å²) < 4.78 is 0. The first-order valence-corrected chi connectivity index (χ1v) is 7.32. The van der Waals surface area contributed by atoms with E-state index in [1.807, 2.05) is 6.20 Å². The Morgan fingerprint density at radius 1 is 1.37 bits per heavy atom. The number of nitrogens with one attached hydrogen (secondary N) is 1. The summed E-state index contributed by atoms with van der Waals surface area (Å²) in [4.78, 5) is 6.98. The van der Waals surface area contributed by atoms with Crippen molar-refractivity contribution in [1.82, 2.24) is 10.3 Å². The molecular formula is C16H27N3. The molecule has 1 saturated heterocycles. The Morgan fingerprint density at radius 3 is 2.68 bits per heavy atom. The number of nitrogens with zero attached hydrogens (tertiary/aromatic N) is 2. The minimum absolute atomic E-state index is 0.152. The lowest BCUT2D eigenvalue weighted by molar-refractivity contribution is 0.424. The maximum atomic E-state index is 4.55. The average Bonchev–Trinajstić information content (AvgIpc) is 2.65. The zero-order chi connectivity index (χ0) is 14.0. The van der Waals surface area contributed by atoms with Crippen LogP contribution in [0.4, 0.5) is 5.82 Å². The molecule has 0 spiro atoms. The van der Waals surface area contributed by atoms with Gasteiger partial charge in [0.1, 0.15) is 5.82 Å². The van der Waals surface area contributed by atoms with Crippen molar-refractivity contribution in [3.63, 3.8) is 0 Å². The van der Waals surface area contributed by atoms with Crippen molar-refractivity contribution in [2.45, 2.75) is 59.2 Å². The molecule has 0 saturated carbocycles. The van der Waals surface area contributed by atoms with Crippen LogP contribution in [0.2, 0.25) is 0 Å². The third-order valence-electron chi connectivity index (χ3n) is 3.71. The van der Waals surface area contributed by atoms with Gasteiger partial charge in [0.25, 0.3) is 0 Å². The molecule has 2 atom stereocenters. The molecule has 106 valence electrons. The van der Waals surface area contributed by atoms with Gasteiger partial charge in [-0.25, -0.2) is 4.98 Å². The highest BCUT2D eigenvalue weighted by atomic mass is 15.2. The van der Waals surface area contributed by atoms with Crippen molar-refractivity contribution in [2.24, 2.45) is 5.92 Å². The number of rotatable bonds is 3. The highest BCUT2D eigenvalue weighted by Gasteiger charge is 2.27. The van der Waals surface area contributed by atoms with E-state index < -0.39 is 0 Å². The van der Waals surface area contributed by atoms with Gasteiger partial charge in [-0.05, 0) is 57.7 Å². The fourth-order valence-corrected chi connectivity index (χ4v) is 2.71. The Kier molecular flexibility index (Phi) is 4.14. The minimum Gasteiger partial charge on any atom is -0.354 e. The number of hydrogen-bond donors (Lipinski definition) is 1. The van der Waals surface area contributed by atoms with Crippen LogP contribution in [0.25, 0.3) is 0 Å². The smallest absolute Gasteiger partial charge is 0.129 e. The first kappa shape index (κ1) is 14.3. The number of hydrogen-bond acceptors (Lipinski definition) is 3. The maximum absolute atomic E-state index is 4.55. The monoisotopic (exact) mass is 261 g/mol. The highest BCUT2D eigenvalue weighted by Crippen LogP contribution is 2.27. The normalized spacial score (nSPS) is 23.9. The molecule has 0 radical (unpaired) electrons. The molecule has 1 aromatic rings. The predicted octanol–water partition coefficient (Wildman–Crippen LogP) is 3.20. The van der Waals surface area contributed by atoms with Gasteiger partial charge >= 0.3 is 0 Å². The van der Waals surface area contributed by atoms with Crippen LogP contribution in [-0.2, 0) is 6.54 Å². The Labute approximate surface area is 117 Å². The SMILES string of the molecule is CC1CC(C)N(c2cc(CNC(C)(C)C)ccn2)C1. The number of anilines is 1.